The second-order valence-electron chi connectivity index (χ2n) is 4.55. The van der Waals surface area contributed by atoms with Crippen LogP contribution in [0.2, 0.25) is 0 Å². The number of oxime groups is 1. The summed E-state index contributed by atoms with van der Waals surface area (Å²) in [6.07, 6.45) is 5.47. The number of benzene rings is 1. The van der Waals surface area contributed by atoms with E-state index in [2.05, 4.69) is 11.7 Å². The summed E-state index contributed by atoms with van der Waals surface area (Å²) in [5.74, 6) is 0.924. The molecule has 4 nitrogen and oxygen atoms in total. The lowest BCUT2D eigenvalue weighted by molar-refractivity contribution is 0.125. The van der Waals surface area contributed by atoms with Crippen LogP contribution < -0.4 is 4.74 Å². The number of unbranched alkanes of at least 4 members (excludes halogenated alkanes) is 1. The van der Waals surface area contributed by atoms with Gasteiger partial charge >= 0.3 is 0 Å². The molecule has 0 heterocycles. The predicted octanol–water partition coefficient (Wildman–Crippen LogP) is 3.83. The molecule has 0 radical (unpaired) electrons. The molecule has 0 spiro atoms. The quantitative estimate of drug-likeness (QED) is 0.334. The van der Waals surface area contributed by atoms with Crippen LogP contribution in [0.3, 0.4) is 0 Å². The zero-order valence-corrected chi connectivity index (χ0v) is 12.8. The Bertz CT molecular complexity index is 404. The second kappa shape index (κ2) is 12.0. The fraction of sp³-hybridized carbons (Fsp3) is 0.471. The van der Waals surface area contributed by atoms with Crippen molar-refractivity contribution in [1.82, 2.24) is 0 Å². The number of nitrogens with zero attached hydrogens (tertiary/aromatic N) is 1. The number of para-hydroxylation sites is 1. The molecular weight excluding hydrogens is 266 g/mol. The number of allylic oxidation sites excluding steroid dienone is 1. The van der Waals surface area contributed by atoms with Crippen LogP contribution in [-0.4, -0.2) is 32.6 Å². The zero-order chi connectivity index (χ0) is 15.2. The fourth-order valence-corrected chi connectivity index (χ4v) is 1.77. The van der Waals surface area contributed by atoms with Crippen LogP contribution in [-0.2, 0) is 9.57 Å². The molecular formula is C17H25NO3. The summed E-state index contributed by atoms with van der Waals surface area (Å²) >= 11 is 0. The van der Waals surface area contributed by atoms with Crippen LogP contribution in [0.4, 0.5) is 0 Å². The molecule has 0 bridgehead atoms. The molecule has 1 aromatic rings. The number of hydrogen-bond donors (Lipinski definition) is 0. The van der Waals surface area contributed by atoms with Crippen LogP contribution in [0.1, 0.15) is 25.7 Å². The molecule has 1 aromatic carbocycles. The van der Waals surface area contributed by atoms with Gasteiger partial charge in [0.15, 0.2) is 0 Å². The lowest BCUT2D eigenvalue weighted by atomic mass is 10.2. The fourth-order valence-electron chi connectivity index (χ4n) is 1.77. The van der Waals surface area contributed by atoms with E-state index in [4.69, 9.17) is 14.3 Å². The molecule has 0 aliphatic rings. The molecule has 4 heteroatoms. The summed E-state index contributed by atoms with van der Waals surface area (Å²) in [4.78, 5) is 4.72. The largest absolute Gasteiger partial charge is 0.494 e. The molecule has 116 valence electrons. The Labute approximate surface area is 127 Å². The third-order valence-electron chi connectivity index (χ3n) is 2.86. The van der Waals surface area contributed by atoms with Gasteiger partial charge in [-0.1, -0.05) is 29.9 Å². The van der Waals surface area contributed by atoms with Crippen molar-refractivity contribution in [3.8, 4) is 5.75 Å². The van der Waals surface area contributed by atoms with Crippen LogP contribution >= 0.6 is 0 Å². The molecule has 0 fully saturated rings. The van der Waals surface area contributed by atoms with E-state index >= 15 is 0 Å². The van der Waals surface area contributed by atoms with E-state index in [1.807, 2.05) is 30.3 Å². The topological polar surface area (TPSA) is 40.0 Å². The van der Waals surface area contributed by atoms with E-state index in [1.54, 1.807) is 6.08 Å². The van der Waals surface area contributed by atoms with Gasteiger partial charge in [-0.2, -0.15) is 0 Å². The maximum absolute atomic E-state index is 5.61. The first-order valence-electron chi connectivity index (χ1n) is 7.35. The minimum atomic E-state index is 0.731. The van der Waals surface area contributed by atoms with Gasteiger partial charge in [0.1, 0.15) is 12.9 Å². The Morgan fingerprint density at radius 2 is 1.81 bits per heavy atom. The van der Waals surface area contributed by atoms with Crippen molar-refractivity contribution in [3.63, 3.8) is 0 Å². The molecule has 0 atom stereocenters. The van der Waals surface area contributed by atoms with Crippen molar-refractivity contribution in [2.45, 2.75) is 25.7 Å². The van der Waals surface area contributed by atoms with Gasteiger partial charge in [0, 0.05) is 13.2 Å². The Kier molecular flexibility index (Phi) is 9.83. The Hall–Kier alpha value is -1.81. The number of ether oxygens (including phenoxy) is 2. The minimum Gasteiger partial charge on any atom is -0.494 e. The van der Waals surface area contributed by atoms with Gasteiger partial charge in [0.2, 0.25) is 0 Å². The first kappa shape index (κ1) is 17.2. The SMILES string of the molecule is C=C/C(CCCOCCCCOc1ccccc1)=N\OC. The van der Waals surface area contributed by atoms with Crippen molar-refractivity contribution < 1.29 is 14.3 Å². The van der Waals surface area contributed by atoms with Crippen LogP contribution in [0.15, 0.2) is 48.1 Å². The molecule has 21 heavy (non-hydrogen) atoms. The molecule has 0 saturated carbocycles. The molecule has 0 aromatic heterocycles. The highest BCUT2D eigenvalue weighted by Gasteiger charge is 1.96. The summed E-state index contributed by atoms with van der Waals surface area (Å²) in [6.45, 7) is 5.92. The van der Waals surface area contributed by atoms with E-state index in [9.17, 15) is 0 Å². The summed E-state index contributed by atoms with van der Waals surface area (Å²) in [5.41, 5.74) is 0.859. The van der Waals surface area contributed by atoms with Gasteiger partial charge in [-0.15, -0.1) is 0 Å². The zero-order valence-electron chi connectivity index (χ0n) is 12.8. The molecule has 0 saturated heterocycles. The molecule has 0 unspecified atom stereocenters. The van der Waals surface area contributed by atoms with Crippen molar-refractivity contribution >= 4 is 5.71 Å². The first-order valence-corrected chi connectivity index (χ1v) is 7.35. The normalized spacial score (nSPS) is 11.2. The summed E-state index contributed by atoms with van der Waals surface area (Å²) < 4.78 is 11.2. The standard InChI is InChI=1S/C17H25NO3/c1-3-16(18-19-2)10-9-14-20-13-7-8-15-21-17-11-5-4-6-12-17/h3-6,11-12H,1,7-10,13-15H2,2H3/b18-16+. The van der Waals surface area contributed by atoms with E-state index < -0.39 is 0 Å². The Morgan fingerprint density at radius 3 is 2.52 bits per heavy atom. The summed E-state index contributed by atoms with van der Waals surface area (Å²) in [7, 11) is 1.54. The monoisotopic (exact) mass is 291 g/mol. The summed E-state index contributed by atoms with van der Waals surface area (Å²) in [5, 5.41) is 3.86. The average molecular weight is 291 g/mol. The lowest BCUT2D eigenvalue weighted by Crippen LogP contribution is -2.03. The Balaban J connectivity index is 1.91. The molecule has 0 N–H and O–H groups in total. The third kappa shape index (κ3) is 8.87. The van der Waals surface area contributed by atoms with E-state index in [0.29, 0.717) is 0 Å². The van der Waals surface area contributed by atoms with Crippen LogP contribution in [0, 0.1) is 0 Å². The maximum atomic E-state index is 5.61. The second-order valence-corrected chi connectivity index (χ2v) is 4.55. The molecule has 1 rings (SSSR count). The lowest BCUT2D eigenvalue weighted by Gasteiger charge is -2.06. The third-order valence-corrected chi connectivity index (χ3v) is 2.86. The van der Waals surface area contributed by atoms with E-state index in [-0.39, 0.29) is 0 Å². The highest BCUT2D eigenvalue weighted by atomic mass is 16.6. The highest BCUT2D eigenvalue weighted by molar-refractivity contribution is 5.93. The number of rotatable bonds is 12. The van der Waals surface area contributed by atoms with E-state index in [1.165, 1.54) is 7.11 Å². The number of hydrogen-bond acceptors (Lipinski definition) is 4. The summed E-state index contributed by atoms with van der Waals surface area (Å²) in [6, 6.07) is 9.87. The van der Waals surface area contributed by atoms with Crippen LogP contribution in [0.5, 0.6) is 5.75 Å². The predicted molar refractivity (Wildman–Crippen MR) is 85.9 cm³/mol. The van der Waals surface area contributed by atoms with Gasteiger partial charge in [0.25, 0.3) is 0 Å². The van der Waals surface area contributed by atoms with Crippen molar-refractivity contribution in [1.29, 1.82) is 0 Å². The van der Waals surface area contributed by atoms with Crippen molar-refractivity contribution in [2.24, 2.45) is 5.16 Å². The minimum absolute atomic E-state index is 0.731. The molecule has 0 amide bonds. The highest BCUT2D eigenvalue weighted by Crippen LogP contribution is 2.08. The van der Waals surface area contributed by atoms with Gasteiger partial charge in [-0.25, -0.2) is 0 Å². The maximum Gasteiger partial charge on any atom is 0.119 e. The van der Waals surface area contributed by atoms with Crippen molar-refractivity contribution in [2.75, 3.05) is 26.9 Å². The van der Waals surface area contributed by atoms with Gasteiger partial charge in [-0.3, -0.25) is 0 Å². The first-order chi connectivity index (χ1) is 10.4. The molecule has 0 aliphatic heterocycles. The van der Waals surface area contributed by atoms with Crippen LogP contribution in [0.25, 0.3) is 0 Å². The van der Waals surface area contributed by atoms with Gasteiger partial charge < -0.3 is 14.3 Å². The Morgan fingerprint density at radius 1 is 1.10 bits per heavy atom. The smallest absolute Gasteiger partial charge is 0.119 e. The average Bonchev–Trinajstić information content (AvgIpc) is 2.53. The molecule has 0 aliphatic carbocycles. The van der Waals surface area contributed by atoms with Gasteiger partial charge in [-0.05, 0) is 43.9 Å². The van der Waals surface area contributed by atoms with Crippen molar-refractivity contribution in [3.05, 3.63) is 43.0 Å². The van der Waals surface area contributed by atoms with E-state index in [0.717, 1.165) is 57.0 Å². The van der Waals surface area contributed by atoms with Gasteiger partial charge in [0.05, 0.1) is 12.3 Å².